The number of nitrogens with zero attached hydrogens (tertiary/aromatic N) is 1. The molecule has 0 saturated carbocycles. The van der Waals surface area contributed by atoms with E-state index < -0.39 is 7.67 Å². The highest BCUT2D eigenvalue weighted by atomic mass is 35.5. The summed E-state index contributed by atoms with van der Waals surface area (Å²) in [5.74, 6) is 0.525. The topological polar surface area (TPSA) is 66.6 Å². The van der Waals surface area contributed by atoms with Crippen molar-refractivity contribution in [3.8, 4) is 0 Å². The van der Waals surface area contributed by atoms with Gasteiger partial charge in [0.2, 0.25) is 0 Å². The van der Waals surface area contributed by atoms with Crippen LogP contribution in [0.4, 0.5) is 0 Å². The molecule has 0 aliphatic rings. The smallest absolute Gasteiger partial charge is 0.322 e. The lowest BCUT2D eigenvalue weighted by Crippen LogP contribution is -2.28. The first-order valence-electron chi connectivity index (χ1n) is 3.01. The Morgan fingerprint density at radius 2 is 1.73 bits per heavy atom. The molecule has 0 aliphatic heterocycles. The van der Waals surface area contributed by atoms with Crippen molar-refractivity contribution in [2.24, 2.45) is 5.50 Å². The molecule has 0 spiro atoms. The van der Waals surface area contributed by atoms with E-state index in [0.29, 0.717) is 0 Å². The second-order valence-electron chi connectivity index (χ2n) is 1.92. The number of hydrogen-bond donors (Lipinski definition) is 2. The van der Waals surface area contributed by atoms with Gasteiger partial charge in [0.15, 0.2) is 0 Å². The summed E-state index contributed by atoms with van der Waals surface area (Å²) in [5, 5.41) is 0. The van der Waals surface area contributed by atoms with Crippen LogP contribution < -0.4 is 5.50 Å². The van der Waals surface area contributed by atoms with Crippen LogP contribution in [0.5, 0.6) is 0 Å². The van der Waals surface area contributed by atoms with Gasteiger partial charge in [-0.15, -0.1) is 23.2 Å². The largest absolute Gasteiger partial charge is 0.338 e. The molecule has 0 amide bonds. The van der Waals surface area contributed by atoms with Crippen LogP contribution >= 0.6 is 30.9 Å². The number of rotatable bonds is 5. The van der Waals surface area contributed by atoms with Crippen LogP contribution in [0.15, 0.2) is 0 Å². The summed E-state index contributed by atoms with van der Waals surface area (Å²) in [4.78, 5) is 8.88. The van der Waals surface area contributed by atoms with E-state index >= 15 is 0 Å². The summed E-state index contributed by atoms with van der Waals surface area (Å²) in [7, 11) is -3.64. The van der Waals surface area contributed by atoms with Crippen molar-refractivity contribution in [3.63, 3.8) is 0 Å². The molecule has 0 fully saturated rings. The van der Waals surface area contributed by atoms with Crippen molar-refractivity contribution < 1.29 is 9.46 Å². The highest BCUT2D eigenvalue weighted by Gasteiger charge is 2.21. The van der Waals surface area contributed by atoms with Crippen molar-refractivity contribution in [2.45, 2.75) is 0 Å². The second kappa shape index (κ2) is 5.36. The van der Waals surface area contributed by atoms with Crippen LogP contribution in [0.25, 0.3) is 0 Å². The van der Waals surface area contributed by atoms with E-state index in [-0.39, 0.29) is 24.8 Å². The molecule has 0 heterocycles. The quantitative estimate of drug-likeness (QED) is 0.410. The fourth-order valence-corrected chi connectivity index (χ4v) is 2.01. The van der Waals surface area contributed by atoms with Crippen molar-refractivity contribution in [3.05, 3.63) is 0 Å². The van der Waals surface area contributed by atoms with E-state index in [0.717, 1.165) is 0 Å². The fourth-order valence-electron chi connectivity index (χ4n) is 0.593. The Morgan fingerprint density at radius 1 is 1.36 bits per heavy atom. The molecule has 7 heteroatoms. The fraction of sp³-hybridized carbons (Fsp3) is 1.00. The summed E-state index contributed by atoms with van der Waals surface area (Å²) in [6.07, 6.45) is 0. The summed E-state index contributed by atoms with van der Waals surface area (Å²) in [6.45, 7) is 0.553. The van der Waals surface area contributed by atoms with Gasteiger partial charge in [-0.3, -0.25) is 4.57 Å². The predicted molar refractivity (Wildman–Crippen MR) is 47.0 cm³/mol. The molecular weight excluding hydrogens is 211 g/mol. The van der Waals surface area contributed by atoms with Crippen molar-refractivity contribution in [1.82, 2.24) is 4.67 Å². The standard InChI is InChI=1S/C4H11Cl2N2O2P/c5-1-3-8(4-2-6)11(7,9)10/h1-4H2,(H3,7,9,10)/i8+1. The molecule has 0 saturated heterocycles. The number of nitrogens with two attached hydrogens (primary N) is 1. The average Bonchev–Trinajstić information content (AvgIpc) is 1.85. The molecule has 0 aliphatic carbocycles. The zero-order valence-electron chi connectivity index (χ0n) is 5.91. The Balaban J connectivity index is 3.99. The average molecular weight is 222 g/mol. The molecule has 0 aromatic heterocycles. The Kier molecular flexibility index (Phi) is 5.69. The third-order valence-corrected chi connectivity index (χ3v) is 2.64. The lowest BCUT2D eigenvalue weighted by molar-refractivity contribution is 0.368. The summed E-state index contributed by atoms with van der Waals surface area (Å²) in [5.41, 5.74) is 4.97. The maximum absolute atomic E-state index is 10.8. The molecule has 3 N–H and O–H groups in total. The third-order valence-electron chi connectivity index (χ3n) is 1.09. The molecule has 4 nitrogen and oxygen atoms in total. The third kappa shape index (κ3) is 5.01. The van der Waals surface area contributed by atoms with Crippen LogP contribution in [0.3, 0.4) is 0 Å². The molecule has 11 heavy (non-hydrogen) atoms. The normalized spacial score (nSPS) is 16.8. The first kappa shape index (κ1) is 11.7. The first-order chi connectivity index (χ1) is 5.02. The lowest BCUT2D eigenvalue weighted by Gasteiger charge is -2.21. The van der Waals surface area contributed by atoms with Gasteiger partial charge in [-0.05, 0) is 0 Å². The summed E-state index contributed by atoms with van der Waals surface area (Å²) in [6, 6.07) is 0. The van der Waals surface area contributed by atoms with Gasteiger partial charge < -0.3 is 4.89 Å². The van der Waals surface area contributed by atoms with E-state index in [1.54, 1.807) is 0 Å². The lowest BCUT2D eigenvalue weighted by atomic mass is 10.7. The highest BCUT2D eigenvalue weighted by molar-refractivity contribution is 7.52. The van der Waals surface area contributed by atoms with Crippen LogP contribution in [-0.2, 0) is 4.57 Å². The van der Waals surface area contributed by atoms with E-state index in [2.05, 4.69) is 0 Å². The van der Waals surface area contributed by atoms with Gasteiger partial charge >= 0.3 is 7.67 Å². The van der Waals surface area contributed by atoms with Crippen molar-refractivity contribution in [1.29, 1.82) is 0 Å². The minimum absolute atomic E-state index is 0.263. The number of halogens is 2. The minimum atomic E-state index is -3.64. The Hall–Kier alpha value is 0.690. The molecule has 0 radical (unpaired) electrons. The SMILES string of the molecule is NP(=O)(O)[15N](CCCl)CCCl. The van der Waals surface area contributed by atoms with Gasteiger partial charge in [-0.1, -0.05) is 0 Å². The Morgan fingerprint density at radius 3 is 1.91 bits per heavy atom. The Bertz CT molecular complexity index is 145. The van der Waals surface area contributed by atoms with E-state index in [1.165, 1.54) is 4.67 Å². The van der Waals surface area contributed by atoms with Crippen LogP contribution in [0.2, 0.25) is 0 Å². The van der Waals surface area contributed by atoms with Crippen LogP contribution in [0.1, 0.15) is 0 Å². The van der Waals surface area contributed by atoms with Crippen LogP contribution in [0, 0.1) is 0 Å². The molecular formula is C4H11Cl2N2O2P. The molecule has 0 bridgehead atoms. The van der Waals surface area contributed by atoms with Crippen molar-refractivity contribution in [2.75, 3.05) is 24.8 Å². The summed E-state index contributed by atoms with van der Waals surface area (Å²) >= 11 is 10.7. The summed E-state index contributed by atoms with van der Waals surface area (Å²) < 4.78 is 12.0. The maximum atomic E-state index is 10.8. The molecule has 68 valence electrons. The van der Waals surface area contributed by atoms with E-state index in [4.69, 9.17) is 33.6 Å². The number of hydrogen-bond acceptors (Lipinski definition) is 1. The maximum Gasteiger partial charge on any atom is 0.338 e. The molecule has 1 atom stereocenters. The van der Waals surface area contributed by atoms with E-state index in [9.17, 15) is 4.57 Å². The molecule has 0 aromatic rings. The predicted octanol–water partition coefficient (Wildman–Crippen LogP) is 0.825. The van der Waals surface area contributed by atoms with Gasteiger partial charge in [0, 0.05) is 24.8 Å². The minimum Gasteiger partial charge on any atom is -0.322 e. The highest BCUT2D eigenvalue weighted by Crippen LogP contribution is 2.34. The molecule has 0 aromatic carbocycles. The number of alkyl halides is 2. The van der Waals surface area contributed by atoms with Gasteiger partial charge in [-0.2, -0.15) is 0 Å². The van der Waals surface area contributed by atoms with Gasteiger partial charge in [0.1, 0.15) is 0 Å². The van der Waals surface area contributed by atoms with Gasteiger partial charge in [0.25, 0.3) is 0 Å². The van der Waals surface area contributed by atoms with Gasteiger partial charge in [-0.25, -0.2) is 10.2 Å². The second-order valence-corrected chi connectivity index (χ2v) is 4.42. The van der Waals surface area contributed by atoms with Gasteiger partial charge in [0.05, 0.1) is 0 Å². The first-order valence-corrected chi connectivity index (χ1v) is 5.76. The molecule has 1 unspecified atom stereocenters. The van der Waals surface area contributed by atoms with Crippen LogP contribution in [-0.4, -0.2) is 34.4 Å². The molecule has 0 rings (SSSR count). The zero-order chi connectivity index (χ0) is 8.91. The Labute approximate surface area is 75.8 Å². The monoisotopic (exact) mass is 221 g/mol. The van der Waals surface area contributed by atoms with Crippen molar-refractivity contribution >= 4 is 30.9 Å². The van der Waals surface area contributed by atoms with E-state index in [1.807, 2.05) is 0 Å². The zero-order valence-corrected chi connectivity index (χ0v) is 8.32.